The maximum absolute atomic E-state index is 12.3. The lowest BCUT2D eigenvalue weighted by molar-refractivity contribution is -0.118. The van der Waals surface area contributed by atoms with Crippen LogP contribution in [0.2, 0.25) is 0 Å². The van der Waals surface area contributed by atoms with Gasteiger partial charge in [0.05, 0.1) is 0 Å². The zero-order chi connectivity index (χ0) is 13.5. The highest BCUT2D eigenvalue weighted by Gasteiger charge is 2.57. The summed E-state index contributed by atoms with van der Waals surface area (Å²) in [4.78, 5) is 12.3. The van der Waals surface area contributed by atoms with Crippen molar-refractivity contribution >= 4 is 24.0 Å². The topological polar surface area (TPSA) is 41.1 Å². The first-order valence-corrected chi connectivity index (χ1v) is 7.19. The van der Waals surface area contributed by atoms with Crippen molar-refractivity contribution in [2.75, 3.05) is 18.4 Å². The van der Waals surface area contributed by atoms with E-state index in [9.17, 15) is 4.79 Å². The highest BCUT2D eigenvalue weighted by atomic mass is 35.5. The molecule has 1 saturated heterocycles. The van der Waals surface area contributed by atoms with Gasteiger partial charge in [-0.3, -0.25) is 4.79 Å². The summed E-state index contributed by atoms with van der Waals surface area (Å²) in [7, 11) is 0. The molecule has 0 aromatic heterocycles. The van der Waals surface area contributed by atoms with E-state index in [1.54, 1.807) is 0 Å². The number of hydrogen-bond donors (Lipinski definition) is 2. The molecular weight excluding hydrogens is 272 g/mol. The average molecular weight is 295 g/mol. The van der Waals surface area contributed by atoms with E-state index in [4.69, 9.17) is 0 Å². The summed E-state index contributed by atoms with van der Waals surface area (Å²) < 4.78 is 0. The number of rotatable bonds is 2. The highest BCUT2D eigenvalue weighted by Crippen LogP contribution is 2.58. The summed E-state index contributed by atoms with van der Waals surface area (Å²) in [6, 6.07) is 6.21. The zero-order valence-corrected chi connectivity index (χ0v) is 13.0. The Bertz CT molecular complexity index is 489. The van der Waals surface area contributed by atoms with E-state index in [2.05, 4.69) is 30.5 Å². The molecule has 110 valence electrons. The van der Waals surface area contributed by atoms with Crippen LogP contribution in [0, 0.1) is 25.2 Å². The average Bonchev–Trinajstić information content (AvgIpc) is 3.02. The van der Waals surface area contributed by atoms with Crippen LogP contribution in [-0.4, -0.2) is 19.0 Å². The maximum atomic E-state index is 12.3. The zero-order valence-electron chi connectivity index (χ0n) is 12.2. The molecule has 4 heteroatoms. The Labute approximate surface area is 126 Å². The van der Waals surface area contributed by atoms with Crippen molar-refractivity contribution in [3.63, 3.8) is 0 Å². The minimum absolute atomic E-state index is 0. The van der Waals surface area contributed by atoms with E-state index in [1.807, 2.05) is 12.1 Å². The lowest BCUT2D eigenvalue weighted by Crippen LogP contribution is -2.31. The molecule has 1 heterocycles. The van der Waals surface area contributed by atoms with E-state index >= 15 is 0 Å². The Balaban J connectivity index is 0.00000147. The van der Waals surface area contributed by atoms with E-state index in [-0.39, 0.29) is 24.2 Å². The molecule has 0 bridgehead atoms. The molecule has 1 aromatic rings. The Morgan fingerprint density at radius 3 is 2.40 bits per heavy atom. The van der Waals surface area contributed by atoms with Crippen molar-refractivity contribution in [1.29, 1.82) is 0 Å². The van der Waals surface area contributed by atoms with Crippen LogP contribution in [-0.2, 0) is 4.79 Å². The van der Waals surface area contributed by atoms with Gasteiger partial charge in [-0.15, -0.1) is 12.4 Å². The van der Waals surface area contributed by atoms with Gasteiger partial charge in [0.25, 0.3) is 0 Å². The molecule has 1 aromatic carbocycles. The van der Waals surface area contributed by atoms with Gasteiger partial charge in [-0.25, -0.2) is 0 Å². The van der Waals surface area contributed by atoms with Gasteiger partial charge in [-0.05, 0) is 74.9 Å². The highest BCUT2D eigenvalue weighted by molar-refractivity contribution is 5.95. The number of piperidine rings is 1. The first-order valence-electron chi connectivity index (χ1n) is 7.19. The van der Waals surface area contributed by atoms with Crippen LogP contribution >= 0.6 is 12.4 Å². The van der Waals surface area contributed by atoms with Gasteiger partial charge in [0.15, 0.2) is 0 Å². The van der Waals surface area contributed by atoms with Crippen LogP contribution in [0.1, 0.15) is 30.4 Å². The number of amides is 1. The second kappa shape index (κ2) is 5.74. The molecule has 2 fully saturated rings. The first kappa shape index (κ1) is 15.3. The van der Waals surface area contributed by atoms with Crippen LogP contribution < -0.4 is 10.6 Å². The standard InChI is InChI=1S/C16H22N2O.ClH/c1-11-7-12(2)9-13(8-11)18-15(19)14-10-16(14)3-5-17-6-4-16;/h7-9,14,17H,3-6,10H2,1-2H3,(H,18,19);1H. The number of anilines is 1. The lowest BCUT2D eigenvalue weighted by Gasteiger charge is -2.23. The molecule has 3 rings (SSSR count). The quantitative estimate of drug-likeness (QED) is 0.880. The van der Waals surface area contributed by atoms with Crippen molar-refractivity contribution in [3.8, 4) is 0 Å². The van der Waals surface area contributed by atoms with Gasteiger partial charge < -0.3 is 10.6 Å². The third-order valence-electron chi connectivity index (χ3n) is 4.59. The van der Waals surface area contributed by atoms with Crippen LogP contribution in [0.4, 0.5) is 5.69 Å². The van der Waals surface area contributed by atoms with Crippen molar-refractivity contribution in [2.24, 2.45) is 11.3 Å². The summed E-state index contributed by atoms with van der Waals surface area (Å²) in [5.41, 5.74) is 3.65. The predicted octanol–water partition coefficient (Wildman–Crippen LogP) is 3.05. The number of carbonyl (C=O) groups is 1. The van der Waals surface area contributed by atoms with E-state index in [1.165, 1.54) is 11.1 Å². The van der Waals surface area contributed by atoms with Crippen molar-refractivity contribution < 1.29 is 4.79 Å². The summed E-state index contributed by atoms with van der Waals surface area (Å²) in [5, 5.41) is 6.47. The summed E-state index contributed by atoms with van der Waals surface area (Å²) in [6.45, 7) is 6.25. The molecule has 1 atom stereocenters. The lowest BCUT2D eigenvalue weighted by atomic mass is 9.92. The van der Waals surface area contributed by atoms with Crippen LogP contribution in [0.5, 0.6) is 0 Å². The summed E-state index contributed by atoms with van der Waals surface area (Å²) >= 11 is 0. The molecule has 20 heavy (non-hydrogen) atoms. The largest absolute Gasteiger partial charge is 0.326 e. The fourth-order valence-electron chi connectivity index (χ4n) is 3.47. The van der Waals surface area contributed by atoms with Crippen molar-refractivity contribution in [1.82, 2.24) is 5.32 Å². The minimum Gasteiger partial charge on any atom is -0.326 e. The van der Waals surface area contributed by atoms with Gasteiger partial charge in [-0.2, -0.15) is 0 Å². The van der Waals surface area contributed by atoms with Gasteiger partial charge in [0, 0.05) is 11.6 Å². The monoisotopic (exact) mass is 294 g/mol. The second-order valence-electron chi connectivity index (χ2n) is 6.23. The Hall–Kier alpha value is -1.06. The molecule has 1 aliphatic carbocycles. The van der Waals surface area contributed by atoms with Crippen LogP contribution in [0.25, 0.3) is 0 Å². The SMILES string of the molecule is Cc1cc(C)cc(NC(=O)C2CC23CCNCC3)c1.Cl. The summed E-state index contributed by atoms with van der Waals surface area (Å²) in [6.07, 6.45) is 3.38. The van der Waals surface area contributed by atoms with Crippen molar-refractivity contribution in [3.05, 3.63) is 29.3 Å². The molecule has 0 radical (unpaired) electrons. The smallest absolute Gasteiger partial charge is 0.228 e. The molecule has 3 nitrogen and oxygen atoms in total. The molecule has 2 N–H and O–H groups in total. The fraction of sp³-hybridized carbons (Fsp3) is 0.562. The molecule has 1 spiro atoms. The Morgan fingerprint density at radius 2 is 1.80 bits per heavy atom. The molecule has 1 amide bonds. The Kier molecular flexibility index (Phi) is 4.40. The number of halogens is 1. The third-order valence-corrected chi connectivity index (χ3v) is 4.59. The minimum atomic E-state index is 0. The number of aryl methyl sites for hydroxylation is 2. The van der Waals surface area contributed by atoms with Crippen LogP contribution in [0.3, 0.4) is 0 Å². The van der Waals surface area contributed by atoms with Gasteiger partial charge >= 0.3 is 0 Å². The maximum Gasteiger partial charge on any atom is 0.228 e. The third kappa shape index (κ3) is 2.99. The number of benzene rings is 1. The number of carbonyl (C=O) groups excluding carboxylic acids is 1. The molecule has 1 unspecified atom stereocenters. The fourth-order valence-corrected chi connectivity index (χ4v) is 3.47. The van der Waals surface area contributed by atoms with Crippen molar-refractivity contribution in [2.45, 2.75) is 33.1 Å². The van der Waals surface area contributed by atoms with E-state index < -0.39 is 0 Å². The first-order chi connectivity index (χ1) is 9.09. The molecule has 2 aliphatic rings. The van der Waals surface area contributed by atoms with Gasteiger partial charge in [0.2, 0.25) is 5.91 Å². The normalized spacial score (nSPS) is 23.0. The predicted molar refractivity (Wildman–Crippen MR) is 84.4 cm³/mol. The molecule has 1 saturated carbocycles. The number of hydrogen-bond acceptors (Lipinski definition) is 2. The van der Waals surface area contributed by atoms with E-state index in [0.29, 0.717) is 5.41 Å². The number of nitrogens with one attached hydrogen (secondary N) is 2. The second-order valence-corrected chi connectivity index (χ2v) is 6.23. The van der Waals surface area contributed by atoms with E-state index in [0.717, 1.165) is 38.0 Å². The molecule has 1 aliphatic heterocycles. The summed E-state index contributed by atoms with van der Waals surface area (Å²) in [5.74, 6) is 0.447. The molecular formula is C16H23ClN2O. The Morgan fingerprint density at radius 1 is 1.20 bits per heavy atom. The van der Waals surface area contributed by atoms with Crippen LogP contribution in [0.15, 0.2) is 18.2 Å². The van der Waals surface area contributed by atoms with Gasteiger partial charge in [-0.1, -0.05) is 6.07 Å². The van der Waals surface area contributed by atoms with Gasteiger partial charge in [0.1, 0.15) is 0 Å².